The number of aromatic nitrogens is 1. The van der Waals surface area contributed by atoms with Gasteiger partial charge in [-0.25, -0.2) is 0 Å². The molecule has 0 aliphatic rings. The molecule has 0 aliphatic heterocycles. The van der Waals surface area contributed by atoms with Gasteiger partial charge in [0.05, 0.1) is 17.3 Å². The van der Waals surface area contributed by atoms with E-state index in [9.17, 15) is 4.79 Å². The molecular weight excluding hydrogens is 288 g/mol. The van der Waals surface area contributed by atoms with Crippen molar-refractivity contribution in [1.82, 2.24) is 4.98 Å². The first-order valence-corrected chi connectivity index (χ1v) is 6.70. The van der Waals surface area contributed by atoms with Crippen LogP contribution in [0.25, 0.3) is 0 Å². The molecule has 0 radical (unpaired) electrons. The topological polar surface area (TPSA) is 62.2 Å². The summed E-state index contributed by atoms with van der Waals surface area (Å²) in [5, 5.41) is 11.8. The monoisotopic (exact) mass is 300 g/mol. The number of nitrogens with one attached hydrogen (secondary N) is 1. The molecule has 4 nitrogen and oxygen atoms in total. The fraction of sp³-hybridized carbons (Fsp3) is 0.125. The van der Waals surface area contributed by atoms with Gasteiger partial charge < -0.3 is 10.4 Å². The van der Waals surface area contributed by atoms with Crippen LogP contribution in [0.1, 0.15) is 22.5 Å². The second-order valence-corrected chi connectivity index (χ2v) is 4.55. The quantitative estimate of drug-likeness (QED) is 0.857. The molecule has 1 aromatic carbocycles. The highest BCUT2D eigenvalue weighted by atomic mass is 35.5. The SMILES string of the molecule is O=C(Nc1cc(C#CCCO)ccc1Cl)c1ccccn1. The number of amides is 1. The van der Waals surface area contributed by atoms with Gasteiger partial charge in [-0.15, -0.1) is 0 Å². The lowest BCUT2D eigenvalue weighted by molar-refractivity contribution is 0.102. The van der Waals surface area contributed by atoms with Crippen LogP contribution in [0.15, 0.2) is 42.6 Å². The van der Waals surface area contributed by atoms with E-state index in [0.717, 1.165) is 0 Å². The molecule has 0 saturated carbocycles. The summed E-state index contributed by atoms with van der Waals surface area (Å²) in [5.41, 5.74) is 1.50. The maximum Gasteiger partial charge on any atom is 0.274 e. The number of carbonyl (C=O) groups excluding carboxylic acids is 1. The number of anilines is 1. The van der Waals surface area contributed by atoms with Crippen LogP contribution in [-0.2, 0) is 0 Å². The minimum Gasteiger partial charge on any atom is -0.395 e. The molecule has 106 valence electrons. The van der Waals surface area contributed by atoms with Crippen molar-refractivity contribution in [2.45, 2.75) is 6.42 Å². The van der Waals surface area contributed by atoms with Crippen LogP contribution in [0, 0.1) is 11.8 Å². The van der Waals surface area contributed by atoms with Crippen LogP contribution in [0.5, 0.6) is 0 Å². The zero-order chi connectivity index (χ0) is 15.1. The van der Waals surface area contributed by atoms with Gasteiger partial charge in [0.25, 0.3) is 5.91 Å². The van der Waals surface area contributed by atoms with Crippen LogP contribution >= 0.6 is 11.6 Å². The first-order valence-electron chi connectivity index (χ1n) is 6.32. The van der Waals surface area contributed by atoms with E-state index in [-0.39, 0.29) is 12.5 Å². The molecule has 1 heterocycles. The zero-order valence-corrected chi connectivity index (χ0v) is 11.9. The molecule has 1 aromatic heterocycles. The number of hydrogen-bond acceptors (Lipinski definition) is 3. The van der Waals surface area contributed by atoms with Crippen molar-refractivity contribution in [2.24, 2.45) is 0 Å². The van der Waals surface area contributed by atoms with Crippen LogP contribution < -0.4 is 5.32 Å². The Bertz CT molecular complexity index is 690. The summed E-state index contributed by atoms with van der Waals surface area (Å²) in [5.74, 6) is 5.37. The second kappa shape index (κ2) is 7.44. The van der Waals surface area contributed by atoms with Crippen molar-refractivity contribution in [2.75, 3.05) is 11.9 Å². The van der Waals surface area contributed by atoms with Gasteiger partial charge in [0.2, 0.25) is 0 Å². The first-order chi connectivity index (χ1) is 10.2. The maximum absolute atomic E-state index is 12.0. The summed E-state index contributed by atoms with van der Waals surface area (Å²) in [6.45, 7) is 0.0177. The third-order valence-electron chi connectivity index (χ3n) is 2.58. The minimum atomic E-state index is -0.335. The number of aliphatic hydroxyl groups is 1. The van der Waals surface area contributed by atoms with Gasteiger partial charge in [0.1, 0.15) is 5.69 Å². The normalized spacial score (nSPS) is 9.62. The predicted molar refractivity (Wildman–Crippen MR) is 82.2 cm³/mol. The second-order valence-electron chi connectivity index (χ2n) is 4.14. The average Bonchev–Trinajstić information content (AvgIpc) is 2.51. The molecule has 2 aromatic rings. The third kappa shape index (κ3) is 4.32. The van der Waals surface area contributed by atoms with Crippen molar-refractivity contribution < 1.29 is 9.90 Å². The fourth-order valence-electron chi connectivity index (χ4n) is 1.60. The lowest BCUT2D eigenvalue weighted by Crippen LogP contribution is -2.13. The molecule has 0 bridgehead atoms. The number of pyridine rings is 1. The van der Waals surface area contributed by atoms with Crippen LogP contribution in [-0.4, -0.2) is 22.6 Å². The summed E-state index contributed by atoms with van der Waals surface area (Å²) in [6.07, 6.45) is 1.95. The van der Waals surface area contributed by atoms with Crippen molar-refractivity contribution >= 4 is 23.2 Å². The number of rotatable bonds is 3. The van der Waals surface area contributed by atoms with Gasteiger partial charge in [0, 0.05) is 18.2 Å². The summed E-state index contributed by atoms with van der Waals surface area (Å²) in [7, 11) is 0. The van der Waals surface area contributed by atoms with Gasteiger partial charge in [-0.1, -0.05) is 29.5 Å². The zero-order valence-electron chi connectivity index (χ0n) is 11.1. The molecule has 1 amide bonds. The van der Waals surface area contributed by atoms with Crippen LogP contribution in [0.4, 0.5) is 5.69 Å². The number of carbonyl (C=O) groups is 1. The lowest BCUT2D eigenvalue weighted by Gasteiger charge is -2.07. The lowest BCUT2D eigenvalue weighted by atomic mass is 10.2. The van der Waals surface area contributed by atoms with Crippen molar-refractivity contribution in [1.29, 1.82) is 0 Å². The highest BCUT2D eigenvalue weighted by molar-refractivity contribution is 6.34. The van der Waals surface area contributed by atoms with Gasteiger partial charge in [-0.3, -0.25) is 9.78 Å². The van der Waals surface area contributed by atoms with E-state index in [1.165, 1.54) is 0 Å². The van der Waals surface area contributed by atoms with E-state index in [1.807, 2.05) is 0 Å². The van der Waals surface area contributed by atoms with Gasteiger partial charge in [0.15, 0.2) is 0 Å². The molecule has 0 fully saturated rings. The Morgan fingerprint density at radius 1 is 1.33 bits per heavy atom. The summed E-state index contributed by atoms with van der Waals surface area (Å²) < 4.78 is 0. The number of aliphatic hydroxyl groups excluding tert-OH is 1. The summed E-state index contributed by atoms with van der Waals surface area (Å²) in [4.78, 5) is 16.0. The number of benzene rings is 1. The van der Waals surface area contributed by atoms with E-state index in [2.05, 4.69) is 22.1 Å². The van der Waals surface area contributed by atoms with E-state index in [4.69, 9.17) is 16.7 Å². The highest BCUT2D eigenvalue weighted by Gasteiger charge is 2.09. The largest absolute Gasteiger partial charge is 0.395 e. The molecule has 2 N–H and O–H groups in total. The van der Waals surface area contributed by atoms with E-state index in [1.54, 1.807) is 42.6 Å². The molecule has 0 atom stereocenters. The molecular formula is C16H13ClN2O2. The van der Waals surface area contributed by atoms with E-state index < -0.39 is 0 Å². The van der Waals surface area contributed by atoms with Gasteiger partial charge in [-0.05, 0) is 30.3 Å². The highest BCUT2D eigenvalue weighted by Crippen LogP contribution is 2.23. The average molecular weight is 301 g/mol. The maximum atomic E-state index is 12.0. The predicted octanol–water partition coefficient (Wildman–Crippen LogP) is 2.72. The van der Waals surface area contributed by atoms with Crippen molar-refractivity contribution in [3.63, 3.8) is 0 Å². The molecule has 0 aliphatic carbocycles. The fourth-order valence-corrected chi connectivity index (χ4v) is 1.77. The molecule has 0 unspecified atom stereocenters. The Hall–Kier alpha value is -2.35. The Morgan fingerprint density at radius 3 is 2.90 bits per heavy atom. The first kappa shape index (κ1) is 15.0. The molecule has 21 heavy (non-hydrogen) atoms. The van der Waals surface area contributed by atoms with E-state index in [0.29, 0.717) is 28.4 Å². The Labute approximate surface area is 127 Å². The van der Waals surface area contributed by atoms with Gasteiger partial charge in [-0.2, -0.15) is 0 Å². The van der Waals surface area contributed by atoms with Gasteiger partial charge >= 0.3 is 0 Å². The summed E-state index contributed by atoms with van der Waals surface area (Å²) in [6, 6.07) is 10.2. The smallest absolute Gasteiger partial charge is 0.274 e. The summed E-state index contributed by atoms with van der Waals surface area (Å²) >= 11 is 6.07. The third-order valence-corrected chi connectivity index (χ3v) is 2.91. The Kier molecular flexibility index (Phi) is 5.33. The molecule has 2 rings (SSSR count). The van der Waals surface area contributed by atoms with Crippen molar-refractivity contribution in [3.8, 4) is 11.8 Å². The number of nitrogens with zero attached hydrogens (tertiary/aromatic N) is 1. The Balaban J connectivity index is 2.18. The van der Waals surface area contributed by atoms with E-state index >= 15 is 0 Å². The standard InChI is InChI=1S/C16H13ClN2O2/c17-13-8-7-12(5-2-4-10-20)11-15(13)19-16(21)14-6-1-3-9-18-14/h1,3,6-9,11,20H,4,10H2,(H,19,21). The number of hydrogen-bond donors (Lipinski definition) is 2. The minimum absolute atomic E-state index is 0.0177. The van der Waals surface area contributed by atoms with Crippen LogP contribution in [0.3, 0.4) is 0 Å². The molecule has 0 saturated heterocycles. The molecule has 5 heteroatoms. The number of halogens is 1. The molecule has 0 spiro atoms. The Morgan fingerprint density at radius 2 is 2.19 bits per heavy atom. The van der Waals surface area contributed by atoms with Crippen LogP contribution in [0.2, 0.25) is 5.02 Å². The van der Waals surface area contributed by atoms with Crippen molar-refractivity contribution in [3.05, 3.63) is 58.9 Å².